The standard InChI is InChI=1S/C18H16N4O2/c1-12(23)21-14-7-5-6-13(10-14)17(24)16-11-20-22(18(16)19)15-8-3-2-4-9-15/h2-11H,19H2,1H3,(H,21,23). The van der Waals surface area contributed by atoms with Crippen LogP contribution < -0.4 is 11.1 Å². The van der Waals surface area contributed by atoms with Gasteiger partial charge in [-0.3, -0.25) is 9.59 Å². The van der Waals surface area contributed by atoms with Crippen molar-refractivity contribution in [1.82, 2.24) is 9.78 Å². The van der Waals surface area contributed by atoms with Crippen molar-refractivity contribution in [2.45, 2.75) is 6.92 Å². The molecule has 1 aromatic heterocycles. The highest BCUT2D eigenvalue weighted by Crippen LogP contribution is 2.21. The summed E-state index contributed by atoms with van der Waals surface area (Å²) in [5.74, 6) is -0.172. The number of ketones is 1. The van der Waals surface area contributed by atoms with Gasteiger partial charge < -0.3 is 11.1 Å². The van der Waals surface area contributed by atoms with Crippen LogP contribution in [0.15, 0.2) is 60.8 Å². The fourth-order valence-electron chi connectivity index (χ4n) is 2.40. The number of rotatable bonds is 4. The zero-order valence-corrected chi connectivity index (χ0v) is 13.1. The molecule has 3 N–H and O–H groups in total. The number of nitrogens with two attached hydrogens (primary N) is 1. The zero-order chi connectivity index (χ0) is 17.1. The number of carbonyl (C=O) groups is 2. The highest BCUT2D eigenvalue weighted by atomic mass is 16.1. The fraction of sp³-hybridized carbons (Fsp3) is 0.0556. The molecule has 0 saturated carbocycles. The zero-order valence-electron chi connectivity index (χ0n) is 13.1. The molecule has 0 saturated heterocycles. The Hall–Kier alpha value is -3.41. The third-order valence-corrected chi connectivity index (χ3v) is 3.50. The van der Waals surface area contributed by atoms with Crippen LogP contribution >= 0.6 is 0 Å². The number of benzene rings is 2. The molecule has 0 aliphatic heterocycles. The number of carbonyl (C=O) groups excluding carboxylic acids is 2. The van der Waals surface area contributed by atoms with Crippen LogP contribution in [0.4, 0.5) is 11.5 Å². The summed E-state index contributed by atoms with van der Waals surface area (Å²) in [6.07, 6.45) is 1.45. The van der Waals surface area contributed by atoms with E-state index in [0.717, 1.165) is 5.69 Å². The predicted molar refractivity (Wildman–Crippen MR) is 92.2 cm³/mol. The minimum absolute atomic E-state index is 0.198. The lowest BCUT2D eigenvalue weighted by Crippen LogP contribution is -2.09. The van der Waals surface area contributed by atoms with E-state index < -0.39 is 0 Å². The van der Waals surface area contributed by atoms with E-state index in [1.54, 1.807) is 24.3 Å². The Bertz CT molecular complexity index is 900. The summed E-state index contributed by atoms with van der Waals surface area (Å²) < 4.78 is 1.52. The van der Waals surface area contributed by atoms with E-state index in [-0.39, 0.29) is 17.5 Å². The van der Waals surface area contributed by atoms with Gasteiger partial charge in [-0.05, 0) is 24.3 Å². The second kappa shape index (κ2) is 6.37. The van der Waals surface area contributed by atoms with Gasteiger partial charge in [-0.1, -0.05) is 30.3 Å². The van der Waals surface area contributed by atoms with Crippen molar-refractivity contribution in [2.75, 3.05) is 11.1 Å². The monoisotopic (exact) mass is 320 g/mol. The van der Waals surface area contributed by atoms with Gasteiger partial charge in [0.05, 0.1) is 17.4 Å². The second-order valence-corrected chi connectivity index (χ2v) is 5.28. The first-order valence-corrected chi connectivity index (χ1v) is 7.37. The molecule has 1 heterocycles. The Morgan fingerprint density at radius 2 is 1.83 bits per heavy atom. The van der Waals surface area contributed by atoms with Gasteiger partial charge in [0.25, 0.3) is 0 Å². The smallest absolute Gasteiger partial charge is 0.221 e. The minimum atomic E-state index is -0.248. The summed E-state index contributed by atoms with van der Waals surface area (Å²) in [6.45, 7) is 1.41. The van der Waals surface area contributed by atoms with Crippen molar-refractivity contribution in [3.05, 3.63) is 71.9 Å². The molecule has 6 nitrogen and oxygen atoms in total. The number of nitrogen functional groups attached to an aromatic ring is 1. The van der Waals surface area contributed by atoms with Gasteiger partial charge in [-0.25, -0.2) is 4.68 Å². The van der Waals surface area contributed by atoms with Crippen LogP contribution in [-0.2, 0) is 4.79 Å². The Labute approximate surface area is 138 Å². The van der Waals surface area contributed by atoms with Crippen molar-refractivity contribution >= 4 is 23.2 Å². The van der Waals surface area contributed by atoms with Crippen LogP contribution in [0.1, 0.15) is 22.8 Å². The lowest BCUT2D eigenvalue weighted by atomic mass is 10.0. The molecule has 0 unspecified atom stereocenters. The van der Waals surface area contributed by atoms with Crippen molar-refractivity contribution in [3.63, 3.8) is 0 Å². The second-order valence-electron chi connectivity index (χ2n) is 5.28. The SMILES string of the molecule is CC(=O)Nc1cccc(C(=O)c2cnn(-c3ccccc3)c2N)c1. The van der Waals surface area contributed by atoms with Crippen LogP contribution in [0.25, 0.3) is 5.69 Å². The third-order valence-electron chi connectivity index (χ3n) is 3.50. The largest absolute Gasteiger partial charge is 0.383 e. The Kier molecular flexibility index (Phi) is 4.11. The van der Waals surface area contributed by atoms with Crippen molar-refractivity contribution in [1.29, 1.82) is 0 Å². The van der Waals surface area contributed by atoms with Crippen molar-refractivity contribution in [2.24, 2.45) is 0 Å². The van der Waals surface area contributed by atoms with E-state index >= 15 is 0 Å². The lowest BCUT2D eigenvalue weighted by molar-refractivity contribution is -0.114. The van der Waals surface area contributed by atoms with Crippen LogP contribution in [0, 0.1) is 0 Å². The lowest BCUT2D eigenvalue weighted by Gasteiger charge is -2.06. The quantitative estimate of drug-likeness (QED) is 0.723. The number of hydrogen-bond acceptors (Lipinski definition) is 4. The molecule has 0 aliphatic rings. The predicted octanol–water partition coefficient (Wildman–Crippen LogP) is 2.64. The van der Waals surface area contributed by atoms with Crippen molar-refractivity contribution in [3.8, 4) is 5.69 Å². The average Bonchev–Trinajstić information content (AvgIpc) is 2.96. The summed E-state index contributed by atoms with van der Waals surface area (Å²) in [6, 6.07) is 16.1. The number of hydrogen-bond donors (Lipinski definition) is 2. The number of nitrogens with zero attached hydrogens (tertiary/aromatic N) is 2. The number of anilines is 2. The summed E-state index contributed by atoms with van der Waals surface area (Å²) in [7, 11) is 0. The van der Waals surface area contributed by atoms with Gasteiger partial charge >= 0.3 is 0 Å². The summed E-state index contributed by atoms with van der Waals surface area (Å²) >= 11 is 0. The Morgan fingerprint density at radius 1 is 1.08 bits per heavy atom. The fourth-order valence-corrected chi connectivity index (χ4v) is 2.40. The molecule has 0 radical (unpaired) electrons. The van der Waals surface area contributed by atoms with Gasteiger partial charge in [0.2, 0.25) is 5.91 Å². The maximum Gasteiger partial charge on any atom is 0.221 e. The van der Waals surface area contributed by atoms with E-state index in [9.17, 15) is 9.59 Å². The molecule has 1 amide bonds. The Balaban J connectivity index is 1.94. The molecule has 0 atom stereocenters. The molecular weight excluding hydrogens is 304 g/mol. The summed E-state index contributed by atoms with van der Waals surface area (Å²) in [5.41, 5.74) is 8.19. The molecule has 0 spiro atoms. The van der Waals surface area contributed by atoms with Gasteiger partial charge in [-0.2, -0.15) is 5.10 Å². The van der Waals surface area contributed by atoms with Crippen LogP contribution in [0.3, 0.4) is 0 Å². The van der Waals surface area contributed by atoms with Crippen LogP contribution in [0.2, 0.25) is 0 Å². The molecule has 0 bridgehead atoms. The van der Waals surface area contributed by atoms with E-state index in [0.29, 0.717) is 16.8 Å². The number of aromatic nitrogens is 2. The van der Waals surface area contributed by atoms with E-state index in [1.165, 1.54) is 17.8 Å². The van der Waals surface area contributed by atoms with Gasteiger partial charge in [0, 0.05) is 18.2 Å². The van der Waals surface area contributed by atoms with Crippen molar-refractivity contribution < 1.29 is 9.59 Å². The first kappa shape index (κ1) is 15.5. The van der Waals surface area contributed by atoms with E-state index in [1.807, 2.05) is 30.3 Å². The molecule has 3 aromatic rings. The van der Waals surface area contributed by atoms with E-state index in [2.05, 4.69) is 10.4 Å². The van der Waals surface area contributed by atoms with Gasteiger partial charge in [0.1, 0.15) is 5.82 Å². The highest BCUT2D eigenvalue weighted by molar-refractivity contribution is 6.12. The molecule has 6 heteroatoms. The number of amides is 1. The first-order valence-electron chi connectivity index (χ1n) is 7.37. The number of para-hydroxylation sites is 1. The maximum absolute atomic E-state index is 12.7. The molecule has 2 aromatic carbocycles. The summed E-state index contributed by atoms with van der Waals surface area (Å²) in [5, 5.41) is 6.86. The molecule has 0 aliphatic carbocycles. The van der Waals surface area contributed by atoms with E-state index in [4.69, 9.17) is 5.73 Å². The normalized spacial score (nSPS) is 10.4. The minimum Gasteiger partial charge on any atom is -0.383 e. The first-order chi connectivity index (χ1) is 11.6. The maximum atomic E-state index is 12.7. The Morgan fingerprint density at radius 3 is 2.54 bits per heavy atom. The molecule has 3 rings (SSSR count). The van der Waals surface area contributed by atoms with Crippen LogP contribution in [0.5, 0.6) is 0 Å². The van der Waals surface area contributed by atoms with Gasteiger partial charge in [-0.15, -0.1) is 0 Å². The van der Waals surface area contributed by atoms with Crippen LogP contribution in [-0.4, -0.2) is 21.5 Å². The number of nitrogens with one attached hydrogen (secondary N) is 1. The topological polar surface area (TPSA) is 90.0 Å². The summed E-state index contributed by atoms with van der Waals surface area (Å²) in [4.78, 5) is 23.9. The third kappa shape index (κ3) is 3.03. The highest BCUT2D eigenvalue weighted by Gasteiger charge is 2.18. The molecule has 24 heavy (non-hydrogen) atoms. The average molecular weight is 320 g/mol. The van der Waals surface area contributed by atoms with Gasteiger partial charge in [0.15, 0.2) is 5.78 Å². The molecule has 0 fully saturated rings. The molecular formula is C18H16N4O2. The molecule has 120 valence electrons.